The van der Waals surface area contributed by atoms with E-state index in [0.717, 1.165) is 21.7 Å². The Morgan fingerprint density at radius 2 is 1.61 bits per heavy atom. The minimum atomic E-state index is -0.125. The maximum Gasteiger partial charge on any atom is 0.253 e. The van der Waals surface area contributed by atoms with Gasteiger partial charge in [-0.1, -0.05) is 48.0 Å². The summed E-state index contributed by atoms with van der Waals surface area (Å²) in [5.41, 5.74) is 3.83. The summed E-state index contributed by atoms with van der Waals surface area (Å²) in [7, 11) is 0. The van der Waals surface area contributed by atoms with Gasteiger partial charge in [0.2, 0.25) is 0 Å². The number of carbonyl (C=O) groups is 1. The molecule has 0 aliphatic heterocycles. The number of benzene rings is 2. The van der Waals surface area contributed by atoms with Gasteiger partial charge in [0.05, 0.1) is 5.56 Å². The Balaban J connectivity index is 1.64. The highest BCUT2D eigenvalue weighted by Gasteiger charge is 2.05. The van der Waals surface area contributed by atoms with Crippen molar-refractivity contribution < 1.29 is 4.79 Å². The van der Waals surface area contributed by atoms with Gasteiger partial charge in [-0.2, -0.15) is 0 Å². The zero-order chi connectivity index (χ0) is 16.1. The number of hydrogen-bond donors (Lipinski definition) is 1. The second kappa shape index (κ2) is 7.07. The topological polar surface area (TPSA) is 42.0 Å². The van der Waals surface area contributed by atoms with Crippen LogP contribution in [0.15, 0.2) is 73.1 Å². The van der Waals surface area contributed by atoms with Crippen LogP contribution in [0.25, 0.3) is 11.1 Å². The number of halogens is 1. The molecule has 0 spiro atoms. The van der Waals surface area contributed by atoms with Crippen LogP contribution in [0.2, 0.25) is 5.02 Å². The molecule has 4 heteroatoms. The fourth-order valence-corrected chi connectivity index (χ4v) is 2.36. The first-order chi connectivity index (χ1) is 11.2. The number of carbonyl (C=O) groups excluding carboxylic acids is 1. The molecule has 3 aromatic rings. The van der Waals surface area contributed by atoms with E-state index in [1.165, 1.54) is 0 Å². The summed E-state index contributed by atoms with van der Waals surface area (Å²) in [6.07, 6.45) is 3.20. The Bertz CT molecular complexity index is 784. The summed E-state index contributed by atoms with van der Waals surface area (Å²) in [5, 5.41) is 3.61. The average Bonchev–Trinajstić information content (AvgIpc) is 2.61. The van der Waals surface area contributed by atoms with E-state index >= 15 is 0 Å². The molecular formula is C19H15ClN2O. The Labute approximate surface area is 140 Å². The molecule has 2 aromatic carbocycles. The largest absolute Gasteiger partial charge is 0.348 e. The van der Waals surface area contributed by atoms with Gasteiger partial charge in [-0.15, -0.1) is 0 Å². The molecule has 114 valence electrons. The van der Waals surface area contributed by atoms with Crippen molar-refractivity contribution in [3.8, 4) is 11.1 Å². The second-order valence-corrected chi connectivity index (χ2v) is 5.56. The van der Waals surface area contributed by atoms with Gasteiger partial charge < -0.3 is 5.32 Å². The molecule has 3 nitrogen and oxygen atoms in total. The summed E-state index contributed by atoms with van der Waals surface area (Å²) in [6.45, 7) is 0.481. The molecule has 1 aromatic heterocycles. The molecule has 0 aliphatic rings. The average molecular weight is 323 g/mol. The van der Waals surface area contributed by atoms with Crippen molar-refractivity contribution >= 4 is 17.5 Å². The van der Waals surface area contributed by atoms with Crippen LogP contribution in [-0.2, 0) is 6.54 Å². The van der Waals surface area contributed by atoms with Crippen LogP contribution < -0.4 is 5.32 Å². The second-order valence-electron chi connectivity index (χ2n) is 5.13. The number of hydrogen-bond acceptors (Lipinski definition) is 2. The standard InChI is InChI=1S/C19H15ClN2O/c20-18-9-7-16(8-10-18)15-5-3-14(4-6-15)12-22-19(23)17-2-1-11-21-13-17/h1-11,13H,12H2,(H,22,23). The summed E-state index contributed by atoms with van der Waals surface area (Å²) < 4.78 is 0. The van der Waals surface area contributed by atoms with Crippen molar-refractivity contribution in [2.24, 2.45) is 0 Å². The molecule has 0 radical (unpaired) electrons. The van der Waals surface area contributed by atoms with Gasteiger partial charge in [0, 0.05) is 24.0 Å². The molecule has 1 N–H and O–H groups in total. The van der Waals surface area contributed by atoms with E-state index in [1.54, 1.807) is 24.5 Å². The lowest BCUT2D eigenvalue weighted by Gasteiger charge is -2.07. The molecule has 23 heavy (non-hydrogen) atoms. The van der Waals surface area contributed by atoms with Crippen molar-refractivity contribution in [2.75, 3.05) is 0 Å². The molecule has 0 saturated carbocycles. The number of amides is 1. The van der Waals surface area contributed by atoms with Crippen molar-refractivity contribution in [1.82, 2.24) is 10.3 Å². The molecule has 0 unspecified atom stereocenters. The third-order valence-corrected chi connectivity index (χ3v) is 3.76. The number of nitrogens with zero attached hydrogens (tertiary/aromatic N) is 1. The van der Waals surface area contributed by atoms with Crippen molar-refractivity contribution in [2.45, 2.75) is 6.54 Å². The van der Waals surface area contributed by atoms with E-state index in [9.17, 15) is 4.79 Å². The first-order valence-corrected chi connectivity index (χ1v) is 7.63. The molecule has 0 aliphatic carbocycles. The lowest BCUT2D eigenvalue weighted by atomic mass is 10.0. The van der Waals surface area contributed by atoms with Crippen LogP contribution in [0, 0.1) is 0 Å². The lowest BCUT2D eigenvalue weighted by molar-refractivity contribution is 0.0950. The summed E-state index contributed by atoms with van der Waals surface area (Å²) >= 11 is 5.90. The van der Waals surface area contributed by atoms with Crippen LogP contribution in [0.5, 0.6) is 0 Å². The fourth-order valence-electron chi connectivity index (χ4n) is 2.24. The van der Waals surface area contributed by atoms with Crippen LogP contribution in [0.3, 0.4) is 0 Å². The zero-order valence-corrected chi connectivity index (χ0v) is 13.1. The van der Waals surface area contributed by atoms with Gasteiger partial charge in [0.1, 0.15) is 0 Å². The Hall–Kier alpha value is -2.65. The van der Waals surface area contributed by atoms with E-state index in [4.69, 9.17) is 11.6 Å². The van der Waals surface area contributed by atoms with Crippen LogP contribution in [0.1, 0.15) is 15.9 Å². The minimum absolute atomic E-state index is 0.125. The normalized spacial score (nSPS) is 10.3. The van der Waals surface area contributed by atoms with E-state index in [0.29, 0.717) is 12.1 Å². The number of nitrogens with one attached hydrogen (secondary N) is 1. The molecule has 1 heterocycles. The quantitative estimate of drug-likeness (QED) is 0.776. The maximum absolute atomic E-state index is 12.0. The smallest absolute Gasteiger partial charge is 0.253 e. The van der Waals surface area contributed by atoms with Gasteiger partial charge >= 0.3 is 0 Å². The van der Waals surface area contributed by atoms with Gasteiger partial charge in [0.15, 0.2) is 0 Å². The Morgan fingerprint density at radius 3 is 2.22 bits per heavy atom. The number of pyridine rings is 1. The highest BCUT2D eigenvalue weighted by molar-refractivity contribution is 6.30. The number of aromatic nitrogens is 1. The van der Waals surface area contributed by atoms with Crippen LogP contribution in [0.4, 0.5) is 0 Å². The minimum Gasteiger partial charge on any atom is -0.348 e. The molecule has 0 atom stereocenters. The summed E-state index contributed by atoms with van der Waals surface area (Å²) in [4.78, 5) is 15.9. The first kappa shape index (κ1) is 15.3. The van der Waals surface area contributed by atoms with Gasteiger partial charge in [-0.3, -0.25) is 9.78 Å². The predicted octanol–water partition coefficient (Wildman–Crippen LogP) is 4.33. The van der Waals surface area contributed by atoms with Crippen LogP contribution >= 0.6 is 11.6 Å². The monoisotopic (exact) mass is 322 g/mol. The lowest BCUT2D eigenvalue weighted by Crippen LogP contribution is -2.22. The molecule has 1 amide bonds. The SMILES string of the molecule is O=C(NCc1ccc(-c2ccc(Cl)cc2)cc1)c1cccnc1. The molecule has 0 fully saturated rings. The van der Waals surface area contributed by atoms with Gasteiger partial charge in [0.25, 0.3) is 5.91 Å². The van der Waals surface area contributed by atoms with Crippen molar-refractivity contribution in [3.63, 3.8) is 0 Å². The van der Waals surface area contributed by atoms with Crippen molar-refractivity contribution in [1.29, 1.82) is 0 Å². The number of rotatable bonds is 4. The Morgan fingerprint density at radius 1 is 0.957 bits per heavy atom. The third kappa shape index (κ3) is 3.96. The van der Waals surface area contributed by atoms with E-state index in [2.05, 4.69) is 10.3 Å². The van der Waals surface area contributed by atoms with E-state index in [-0.39, 0.29) is 5.91 Å². The Kier molecular flexibility index (Phi) is 4.69. The van der Waals surface area contributed by atoms with Gasteiger partial charge in [-0.25, -0.2) is 0 Å². The highest BCUT2D eigenvalue weighted by Crippen LogP contribution is 2.21. The molecule has 3 rings (SSSR count). The first-order valence-electron chi connectivity index (χ1n) is 7.25. The fraction of sp³-hybridized carbons (Fsp3) is 0.0526. The molecular weight excluding hydrogens is 308 g/mol. The van der Waals surface area contributed by atoms with Gasteiger partial charge in [-0.05, 0) is 41.0 Å². The molecule has 0 bridgehead atoms. The van der Waals surface area contributed by atoms with Crippen molar-refractivity contribution in [3.05, 3.63) is 89.2 Å². The van der Waals surface area contributed by atoms with Crippen LogP contribution in [-0.4, -0.2) is 10.9 Å². The third-order valence-electron chi connectivity index (χ3n) is 3.51. The molecule has 0 saturated heterocycles. The maximum atomic E-state index is 12.0. The summed E-state index contributed by atoms with van der Waals surface area (Å²) in [6, 6.07) is 19.3. The summed E-state index contributed by atoms with van der Waals surface area (Å²) in [5.74, 6) is -0.125. The van der Waals surface area contributed by atoms with E-state index in [1.807, 2.05) is 48.5 Å². The zero-order valence-electron chi connectivity index (χ0n) is 12.4. The predicted molar refractivity (Wildman–Crippen MR) is 92.3 cm³/mol. The highest BCUT2D eigenvalue weighted by atomic mass is 35.5. The van der Waals surface area contributed by atoms with E-state index < -0.39 is 0 Å².